The van der Waals surface area contributed by atoms with Gasteiger partial charge in [-0.1, -0.05) is 19.8 Å². The Kier molecular flexibility index (Phi) is 9.33. The zero-order valence-electron chi connectivity index (χ0n) is 15.8. The molecule has 152 valence electrons. The van der Waals surface area contributed by atoms with E-state index in [1.807, 2.05) is 11.8 Å². The molecule has 1 aliphatic carbocycles. The highest BCUT2D eigenvalue weighted by Gasteiger charge is 2.28. The number of sulfone groups is 1. The molecule has 3 fully saturated rings. The second-order valence-electron chi connectivity index (χ2n) is 7.99. The van der Waals surface area contributed by atoms with Crippen LogP contribution >= 0.6 is 35.7 Å². The van der Waals surface area contributed by atoms with Crippen molar-refractivity contribution >= 4 is 51.5 Å². The zero-order valence-corrected chi connectivity index (χ0v) is 19.7. The van der Waals surface area contributed by atoms with E-state index in [-0.39, 0.29) is 29.9 Å². The summed E-state index contributed by atoms with van der Waals surface area (Å²) in [5.41, 5.74) is 0. The number of nitrogens with zero attached hydrogens (tertiary/aromatic N) is 1. The molecule has 0 aromatic rings. The zero-order chi connectivity index (χ0) is 17.7. The summed E-state index contributed by atoms with van der Waals surface area (Å²) in [5, 5.41) is 7.88. The Morgan fingerprint density at radius 2 is 1.96 bits per heavy atom. The van der Waals surface area contributed by atoms with Crippen molar-refractivity contribution in [2.24, 2.45) is 16.8 Å². The fourth-order valence-electron chi connectivity index (χ4n) is 4.11. The summed E-state index contributed by atoms with van der Waals surface area (Å²) in [6, 6.07) is 0.489. The van der Waals surface area contributed by atoms with E-state index >= 15 is 0 Å². The SMILES string of the molecule is CC1CCCCC1NC(=NCC1CCS(=O)(=O)C1)NCC1CCCS1.I. The van der Waals surface area contributed by atoms with Crippen LogP contribution in [0.4, 0.5) is 0 Å². The third-order valence-corrected chi connectivity index (χ3v) is 9.02. The van der Waals surface area contributed by atoms with Gasteiger partial charge in [0.05, 0.1) is 11.5 Å². The molecule has 4 atom stereocenters. The largest absolute Gasteiger partial charge is 0.355 e. The molecule has 26 heavy (non-hydrogen) atoms. The van der Waals surface area contributed by atoms with E-state index in [9.17, 15) is 8.42 Å². The average Bonchev–Trinajstić information content (AvgIpc) is 3.21. The molecule has 2 heterocycles. The standard InChI is InChI=1S/C18H33N3O2S2.HI/c1-14-5-2-3-7-17(14)21-18(20-12-16-6-4-9-24-16)19-11-15-8-10-25(22,23)13-15;/h14-17H,2-13H2,1H3,(H2,19,20,21);1H. The van der Waals surface area contributed by atoms with Crippen molar-refractivity contribution in [2.45, 2.75) is 63.2 Å². The van der Waals surface area contributed by atoms with Crippen molar-refractivity contribution < 1.29 is 8.42 Å². The van der Waals surface area contributed by atoms with Gasteiger partial charge in [-0.2, -0.15) is 11.8 Å². The van der Waals surface area contributed by atoms with Gasteiger partial charge < -0.3 is 10.6 Å². The summed E-state index contributed by atoms with van der Waals surface area (Å²) in [5.74, 6) is 3.67. The van der Waals surface area contributed by atoms with Crippen LogP contribution in [0.15, 0.2) is 4.99 Å². The molecule has 0 bridgehead atoms. The van der Waals surface area contributed by atoms with Gasteiger partial charge in [0, 0.05) is 24.4 Å². The molecule has 0 aromatic heterocycles. The summed E-state index contributed by atoms with van der Waals surface area (Å²) in [6.45, 7) is 3.90. The smallest absolute Gasteiger partial charge is 0.191 e. The molecular weight excluding hydrogens is 481 g/mol. The van der Waals surface area contributed by atoms with Crippen LogP contribution in [0.25, 0.3) is 0 Å². The van der Waals surface area contributed by atoms with Gasteiger partial charge in [-0.15, -0.1) is 24.0 Å². The van der Waals surface area contributed by atoms with Crippen LogP contribution in [0.5, 0.6) is 0 Å². The van der Waals surface area contributed by atoms with Crippen molar-refractivity contribution in [3.8, 4) is 0 Å². The molecule has 2 aliphatic heterocycles. The first-order valence-electron chi connectivity index (χ1n) is 9.89. The van der Waals surface area contributed by atoms with E-state index in [0.29, 0.717) is 35.3 Å². The van der Waals surface area contributed by atoms with E-state index in [4.69, 9.17) is 4.99 Å². The van der Waals surface area contributed by atoms with Crippen LogP contribution in [-0.2, 0) is 9.84 Å². The number of rotatable bonds is 5. The van der Waals surface area contributed by atoms with Gasteiger partial charge in [-0.3, -0.25) is 4.99 Å². The summed E-state index contributed by atoms with van der Waals surface area (Å²) in [7, 11) is -2.82. The summed E-state index contributed by atoms with van der Waals surface area (Å²) in [4.78, 5) is 4.78. The molecule has 5 nitrogen and oxygen atoms in total. The lowest BCUT2D eigenvalue weighted by atomic mass is 9.86. The Hall–Kier alpha value is 0.300. The molecule has 1 saturated carbocycles. The molecule has 4 unspecified atom stereocenters. The van der Waals surface area contributed by atoms with Crippen molar-refractivity contribution in [3.63, 3.8) is 0 Å². The lowest BCUT2D eigenvalue weighted by Crippen LogP contribution is -2.48. The van der Waals surface area contributed by atoms with Crippen molar-refractivity contribution in [1.82, 2.24) is 10.6 Å². The summed E-state index contributed by atoms with van der Waals surface area (Å²) < 4.78 is 23.3. The maximum Gasteiger partial charge on any atom is 0.191 e. The van der Waals surface area contributed by atoms with Gasteiger partial charge in [0.1, 0.15) is 0 Å². The van der Waals surface area contributed by atoms with E-state index in [0.717, 1.165) is 18.9 Å². The van der Waals surface area contributed by atoms with Crippen LogP contribution in [0, 0.1) is 11.8 Å². The van der Waals surface area contributed by atoms with Crippen molar-refractivity contribution in [3.05, 3.63) is 0 Å². The first-order valence-corrected chi connectivity index (χ1v) is 12.8. The van der Waals surface area contributed by atoms with Gasteiger partial charge in [0.2, 0.25) is 0 Å². The molecule has 8 heteroatoms. The van der Waals surface area contributed by atoms with E-state index in [1.165, 1.54) is 44.3 Å². The number of aliphatic imine (C=N–C) groups is 1. The summed E-state index contributed by atoms with van der Waals surface area (Å²) in [6.07, 6.45) is 8.47. The van der Waals surface area contributed by atoms with Gasteiger partial charge in [-0.05, 0) is 49.7 Å². The Morgan fingerprint density at radius 1 is 1.15 bits per heavy atom. The summed E-state index contributed by atoms with van der Waals surface area (Å²) >= 11 is 2.05. The Morgan fingerprint density at radius 3 is 2.62 bits per heavy atom. The Balaban J connectivity index is 0.00000243. The lowest BCUT2D eigenvalue weighted by Gasteiger charge is -2.31. The van der Waals surface area contributed by atoms with E-state index < -0.39 is 9.84 Å². The highest BCUT2D eigenvalue weighted by Crippen LogP contribution is 2.26. The average molecular weight is 516 g/mol. The molecule has 0 aromatic carbocycles. The van der Waals surface area contributed by atoms with E-state index in [2.05, 4.69) is 17.6 Å². The fraction of sp³-hybridized carbons (Fsp3) is 0.944. The molecular formula is C18H34IN3O2S2. The topological polar surface area (TPSA) is 70.6 Å². The monoisotopic (exact) mass is 515 g/mol. The predicted octanol–water partition coefficient (Wildman–Crippen LogP) is 3.05. The maximum atomic E-state index is 11.7. The number of guanidine groups is 1. The number of hydrogen-bond donors (Lipinski definition) is 2. The molecule has 0 radical (unpaired) electrons. The fourth-order valence-corrected chi connectivity index (χ4v) is 7.16. The second-order valence-corrected chi connectivity index (χ2v) is 11.6. The minimum absolute atomic E-state index is 0. The quantitative estimate of drug-likeness (QED) is 0.335. The normalized spacial score (nSPS) is 34.3. The predicted molar refractivity (Wildman–Crippen MR) is 123 cm³/mol. The van der Waals surface area contributed by atoms with Crippen LogP contribution in [0.1, 0.15) is 51.9 Å². The van der Waals surface area contributed by atoms with Crippen LogP contribution in [-0.4, -0.2) is 56.0 Å². The lowest BCUT2D eigenvalue weighted by molar-refractivity contribution is 0.306. The second kappa shape index (κ2) is 10.7. The number of hydrogen-bond acceptors (Lipinski definition) is 4. The maximum absolute atomic E-state index is 11.7. The van der Waals surface area contributed by atoms with Crippen LogP contribution in [0.2, 0.25) is 0 Å². The van der Waals surface area contributed by atoms with Crippen LogP contribution < -0.4 is 10.6 Å². The highest BCUT2D eigenvalue weighted by atomic mass is 127. The molecule has 3 aliphatic rings. The van der Waals surface area contributed by atoms with Crippen molar-refractivity contribution in [1.29, 1.82) is 0 Å². The Bertz CT molecular complexity index is 565. The first kappa shape index (κ1) is 22.6. The van der Waals surface area contributed by atoms with Gasteiger partial charge in [0.15, 0.2) is 15.8 Å². The van der Waals surface area contributed by atoms with Gasteiger partial charge in [-0.25, -0.2) is 8.42 Å². The molecule has 3 rings (SSSR count). The van der Waals surface area contributed by atoms with Gasteiger partial charge >= 0.3 is 0 Å². The van der Waals surface area contributed by atoms with E-state index in [1.54, 1.807) is 0 Å². The van der Waals surface area contributed by atoms with Crippen molar-refractivity contribution in [2.75, 3.05) is 30.3 Å². The number of nitrogens with one attached hydrogen (secondary N) is 2. The van der Waals surface area contributed by atoms with Crippen LogP contribution in [0.3, 0.4) is 0 Å². The Labute approximate surface area is 180 Å². The minimum Gasteiger partial charge on any atom is -0.355 e. The van der Waals surface area contributed by atoms with Gasteiger partial charge in [0.25, 0.3) is 0 Å². The first-order chi connectivity index (χ1) is 12.0. The number of halogens is 1. The highest BCUT2D eigenvalue weighted by molar-refractivity contribution is 14.0. The molecule has 0 amide bonds. The third kappa shape index (κ3) is 7.04. The minimum atomic E-state index is -2.82. The molecule has 0 spiro atoms. The third-order valence-electron chi connectivity index (χ3n) is 5.79. The number of thioether (sulfide) groups is 1. The molecule has 2 saturated heterocycles. The molecule has 2 N–H and O–H groups in total.